The molecule has 2 N–H and O–H groups in total. The molecular weight excluding hydrogens is 168 g/mol. The molecule has 0 saturated carbocycles. The van der Waals surface area contributed by atoms with Crippen LogP contribution in [0.15, 0.2) is 0 Å². The monoisotopic (exact) mass is 182 g/mol. The summed E-state index contributed by atoms with van der Waals surface area (Å²) in [7, 11) is 0. The van der Waals surface area contributed by atoms with Gasteiger partial charge in [-0.3, -0.25) is 0 Å². The molecule has 1 aliphatic heterocycles. The van der Waals surface area contributed by atoms with Crippen molar-refractivity contribution >= 4 is 0 Å². The van der Waals surface area contributed by atoms with Crippen LogP contribution in [0.3, 0.4) is 0 Å². The molecule has 0 aromatic carbocycles. The lowest BCUT2D eigenvalue weighted by Gasteiger charge is -2.16. The summed E-state index contributed by atoms with van der Waals surface area (Å²) in [5, 5.41) is 18.1. The predicted molar refractivity (Wildman–Crippen MR) is 47.0 cm³/mol. The van der Waals surface area contributed by atoms with Gasteiger partial charge in [-0.15, -0.1) is 0 Å². The maximum atomic E-state index is 9.04. The van der Waals surface area contributed by atoms with Crippen LogP contribution in [0.4, 0.5) is 0 Å². The minimum absolute atomic E-state index is 0.0185. The smallest absolute Gasteiger partial charge is 0.135 e. The minimum Gasteiger partial charge on any atom is -0.390 e. The number of rotatable bonds is 2. The van der Waals surface area contributed by atoms with Gasteiger partial charge in [-0.1, -0.05) is 0 Å². The molecule has 2 heterocycles. The first-order valence-corrected chi connectivity index (χ1v) is 4.65. The van der Waals surface area contributed by atoms with E-state index < -0.39 is 0 Å². The van der Waals surface area contributed by atoms with Crippen LogP contribution in [0.25, 0.3) is 0 Å². The Morgan fingerprint density at radius 2 is 2.08 bits per heavy atom. The van der Waals surface area contributed by atoms with E-state index in [0.29, 0.717) is 5.82 Å². The van der Waals surface area contributed by atoms with E-state index in [1.807, 2.05) is 4.57 Å². The molecule has 1 aliphatic rings. The molecule has 0 bridgehead atoms. The molecule has 0 spiro atoms. The van der Waals surface area contributed by atoms with Gasteiger partial charge in [0.05, 0.1) is 12.3 Å². The van der Waals surface area contributed by atoms with Crippen LogP contribution in [-0.2, 0) is 26.2 Å². The largest absolute Gasteiger partial charge is 0.390 e. The molecule has 0 atom stereocenters. The summed E-state index contributed by atoms with van der Waals surface area (Å²) in [4.78, 5) is 4.19. The Morgan fingerprint density at radius 3 is 2.77 bits per heavy atom. The molecule has 4 nitrogen and oxygen atoms in total. The average molecular weight is 182 g/mol. The van der Waals surface area contributed by atoms with Gasteiger partial charge in [0, 0.05) is 12.2 Å². The zero-order chi connectivity index (χ0) is 9.26. The number of hydrogen-bond acceptors (Lipinski definition) is 3. The quantitative estimate of drug-likeness (QED) is 0.687. The highest BCUT2D eigenvalue weighted by Crippen LogP contribution is 2.20. The van der Waals surface area contributed by atoms with Crippen LogP contribution in [0.1, 0.15) is 30.1 Å². The van der Waals surface area contributed by atoms with Crippen LogP contribution in [-0.4, -0.2) is 19.8 Å². The Morgan fingerprint density at radius 1 is 1.23 bits per heavy atom. The van der Waals surface area contributed by atoms with Gasteiger partial charge in [-0.25, -0.2) is 4.98 Å². The zero-order valence-electron chi connectivity index (χ0n) is 7.53. The summed E-state index contributed by atoms with van der Waals surface area (Å²) in [6, 6.07) is 0. The Kier molecular flexibility index (Phi) is 2.33. The fourth-order valence-corrected chi connectivity index (χ4v) is 1.95. The van der Waals surface area contributed by atoms with Crippen molar-refractivity contribution < 1.29 is 10.2 Å². The van der Waals surface area contributed by atoms with Gasteiger partial charge in [0.15, 0.2) is 0 Å². The van der Waals surface area contributed by atoms with E-state index in [4.69, 9.17) is 10.2 Å². The molecule has 0 amide bonds. The number of aliphatic hydroxyl groups is 2. The topological polar surface area (TPSA) is 58.3 Å². The zero-order valence-corrected chi connectivity index (χ0v) is 7.53. The van der Waals surface area contributed by atoms with E-state index in [-0.39, 0.29) is 13.2 Å². The Balaban J connectivity index is 2.44. The Hall–Kier alpha value is -0.870. The minimum atomic E-state index is -0.0347. The van der Waals surface area contributed by atoms with Gasteiger partial charge >= 0.3 is 0 Å². The third-order valence-electron chi connectivity index (χ3n) is 2.57. The van der Waals surface area contributed by atoms with Gasteiger partial charge in [0.25, 0.3) is 0 Å². The number of aliphatic hydroxyl groups excluding tert-OH is 2. The second kappa shape index (κ2) is 3.47. The first kappa shape index (κ1) is 8.72. The third-order valence-corrected chi connectivity index (χ3v) is 2.57. The summed E-state index contributed by atoms with van der Waals surface area (Å²) in [5.74, 6) is 0.693. The van der Waals surface area contributed by atoms with Crippen molar-refractivity contribution in [3.63, 3.8) is 0 Å². The van der Waals surface area contributed by atoms with Crippen molar-refractivity contribution in [1.29, 1.82) is 0 Å². The molecule has 13 heavy (non-hydrogen) atoms. The van der Waals surface area contributed by atoms with E-state index in [2.05, 4.69) is 4.98 Å². The van der Waals surface area contributed by atoms with Crippen LogP contribution in [0.5, 0.6) is 0 Å². The number of nitrogens with zero attached hydrogens (tertiary/aromatic N) is 2. The summed E-state index contributed by atoms with van der Waals surface area (Å²) < 4.78 is 2.04. The average Bonchev–Trinajstić information content (AvgIpc) is 2.56. The van der Waals surface area contributed by atoms with Crippen molar-refractivity contribution in [1.82, 2.24) is 9.55 Å². The van der Waals surface area contributed by atoms with Crippen LogP contribution < -0.4 is 0 Å². The molecule has 0 aliphatic carbocycles. The second-order valence-electron chi connectivity index (χ2n) is 3.35. The fourth-order valence-electron chi connectivity index (χ4n) is 1.95. The number of fused-ring (bicyclic) bond motifs is 1. The van der Waals surface area contributed by atoms with Gasteiger partial charge in [-0.05, 0) is 19.3 Å². The van der Waals surface area contributed by atoms with E-state index in [9.17, 15) is 0 Å². The molecular formula is C9H14N2O2. The lowest BCUT2D eigenvalue weighted by molar-refractivity contribution is 0.261. The summed E-state index contributed by atoms with van der Waals surface area (Å²) >= 11 is 0. The van der Waals surface area contributed by atoms with Gasteiger partial charge in [0.1, 0.15) is 12.4 Å². The summed E-state index contributed by atoms with van der Waals surface area (Å²) in [5.41, 5.74) is 1.85. The van der Waals surface area contributed by atoms with Gasteiger partial charge in [0.2, 0.25) is 0 Å². The highest BCUT2D eigenvalue weighted by atomic mass is 16.3. The maximum absolute atomic E-state index is 9.04. The summed E-state index contributed by atoms with van der Waals surface area (Å²) in [6.45, 7) is 0.876. The first-order chi connectivity index (χ1) is 6.36. The number of imidazole rings is 1. The number of hydrogen-bond donors (Lipinski definition) is 2. The van der Waals surface area contributed by atoms with E-state index >= 15 is 0 Å². The SMILES string of the molecule is OCc1nc(CO)n2c1CCCC2. The van der Waals surface area contributed by atoms with Gasteiger partial charge in [-0.2, -0.15) is 0 Å². The molecule has 72 valence electrons. The molecule has 0 unspecified atom stereocenters. The molecule has 1 aromatic rings. The van der Waals surface area contributed by atoms with Crippen molar-refractivity contribution in [3.8, 4) is 0 Å². The van der Waals surface area contributed by atoms with Crippen molar-refractivity contribution in [2.45, 2.75) is 39.0 Å². The molecule has 4 heteroatoms. The number of aromatic nitrogens is 2. The van der Waals surface area contributed by atoms with Crippen LogP contribution >= 0.6 is 0 Å². The predicted octanol–water partition coefficient (Wildman–Crippen LogP) is 0.204. The first-order valence-electron chi connectivity index (χ1n) is 4.65. The van der Waals surface area contributed by atoms with Gasteiger partial charge < -0.3 is 14.8 Å². The van der Waals surface area contributed by atoms with E-state index in [1.165, 1.54) is 0 Å². The third kappa shape index (κ3) is 1.36. The lowest BCUT2D eigenvalue weighted by Crippen LogP contribution is -2.13. The molecule has 0 radical (unpaired) electrons. The highest BCUT2D eigenvalue weighted by molar-refractivity contribution is 5.18. The Bertz CT molecular complexity index is 278. The molecule has 1 aromatic heterocycles. The standard InChI is InChI=1S/C9H14N2O2/c12-5-7-8-3-1-2-4-11(8)9(6-13)10-7/h12-13H,1-6H2. The van der Waals surface area contributed by atoms with Crippen molar-refractivity contribution in [3.05, 3.63) is 17.2 Å². The molecule has 2 rings (SSSR count). The van der Waals surface area contributed by atoms with Crippen LogP contribution in [0, 0.1) is 0 Å². The van der Waals surface area contributed by atoms with Crippen molar-refractivity contribution in [2.75, 3.05) is 0 Å². The van der Waals surface area contributed by atoms with E-state index in [1.54, 1.807) is 0 Å². The maximum Gasteiger partial charge on any atom is 0.135 e. The second-order valence-corrected chi connectivity index (χ2v) is 3.35. The normalized spacial score (nSPS) is 15.8. The lowest BCUT2D eigenvalue weighted by atomic mass is 10.1. The van der Waals surface area contributed by atoms with E-state index in [0.717, 1.165) is 37.2 Å². The molecule has 0 fully saturated rings. The summed E-state index contributed by atoms with van der Waals surface area (Å²) in [6.07, 6.45) is 3.27. The Labute approximate surface area is 76.8 Å². The molecule has 0 saturated heterocycles. The fraction of sp³-hybridized carbons (Fsp3) is 0.667. The highest BCUT2D eigenvalue weighted by Gasteiger charge is 2.18. The van der Waals surface area contributed by atoms with Crippen molar-refractivity contribution in [2.24, 2.45) is 0 Å². The van der Waals surface area contributed by atoms with Crippen LogP contribution in [0.2, 0.25) is 0 Å².